The molecule has 1 aliphatic heterocycles. The molecule has 0 aliphatic carbocycles. The third kappa shape index (κ3) is 2.56. The van der Waals surface area contributed by atoms with Gasteiger partial charge in [-0.3, -0.25) is 10.00 Å². The van der Waals surface area contributed by atoms with Crippen LogP contribution in [0, 0.1) is 6.92 Å². The summed E-state index contributed by atoms with van der Waals surface area (Å²) in [6, 6.07) is 0. The fraction of sp³-hybridized carbons (Fsp3) is 0.727. The first-order chi connectivity index (χ1) is 7.07. The zero-order chi connectivity index (χ0) is 10.9. The predicted octanol–water partition coefficient (Wildman–Crippen LogP) is 2.04. The van der Waals surface area contributed by atoms with Crippen LogP contribution in [0.5, 0.6) is 0 Å². The average Bonchev–Trinajstić information content (AvgIpc) is 2.50. The van der Waals surface area contributed by atoms with Gasteiger partial charge in [-0.15, -0.1) is 0 Å². The topological polar surface area (TPSA) is 31.9 Å². The number of halogens is 1. The van der Waals surface area contributed by atoms with Gasteiger partial charge in [-0.1, -0.05) is 0 Å². The van der Waals surface area contributed by atoms with Crippen molar-refractivity contribution in [2.24, 2.45) is 0 Å². The first-order valence-electron chi connectivity index (χ1n) is 5.47. The molecule has 1 aromatic rings. The Morgan fingerprint density at radius 2 is 2.47 bits per heavy atom. The van der Waals surface area contributed by atoms with E-state index < -0.39 is 5.67 Å². The predicted molar refractivity (Wildman–Crippen MR) is 57.3 cm³/mol. The molecule has 0 saturated carbocycles. The lowest BCUT2D eigenvalue weighted by molar-refractivity contribution is 0.0562. The largest absolute Gasteiger partial charge is 0.296 e. The van der Waals surface area contributed by atoms with Gasteiger partial charge in [0.25, 0.3) is 0 Å². The number of nitrogens with one attached hydrogen (secondary N) is 1. The van der Waals surface area contributed by atoms with E-state index in [0.717, 1.165) is 25.2 Å². The van der Waals surface area contributed by atoms with Crippen LogP contribution in [0.3, 0.4) is 0 Å². The van der Waals surface area contributed by atoms with Gasteiger partial charge >= 0.3 is 0 Å². The normalized spacial score (nSPS) is 28.2. The van der Waals surface area contributed by atoms with E-state index in [9.17, 15) is 4.39 Å². The first kappa shape index (κ1) is 10.6. The molecule has 1 saturated heterocycles. The van der Waals surface area contributed by atoms with Crippen molar-refractivity contribution in [3.05, 3.63) is 17.5 Å². The summed E-state index contributed by atoms with van der Waals surface area (Å²) in [5.41, 5.74) is 1.24. The number of nitrogens with zero attached hydrogens (tertiary/aromatic N) is 2. The second-order valence-electron chi connectivity index (χ2n) is 4.75. The van der Waals surface area contributed by atoms with E-state index in [0.29, 0.717) is 13.0 Å². The minimum absolute atomic E-state index is 0.539. The summed E-state index contributed by atoms with van der Waals surface area (Å²) in [6.45, 7) is 6.03. The molecule has 2 heterocycles. The maximum Gasteiger partial charge on any atom is 0.120 e. The molecule has 2 rings (SSSR count). The molecule has 0 amide bonds. The van der Waals surface area contributed by atoms with Crippen LogP contribution in [-0.2, 0) is 6.54 Å². The Balaban J connectivity index is 1.98. The number of H-pyrrole nitrogens is 1. The molecule has 4 heteroatoms. The Labute approximate surface area is 89.7 Å². The lowest BCUT2D eigenvalue weighted by Crippen LogP contribution is -2.42. The van der Waals surface area contributed by atoms with Crippen molar-refractivity contribution in [1.82, 2.24) is 15.1 Å². The molecule has 84 valence electrons. The smallest absolute Gasteiger partial charge is 0.120 e. The van der Waals surface area contributed by atoms with Crippen molar-refractivity contribution in [2.75, 3.05) is 13.1 Å². The molecule has 3 nitrogen and oxygen atoms in total. The van der Waals surface area contributed by atoms with Gasteiger partial charge in [-0.2, -0.15) is 5.10 Å². The molecule has 1 unspecified atom stereocenters. The first-order valence-corrected chi connectivity index (χ1v) is 5.47. The number of likely N-dealkylation sites (tertiary alicyclic amines) is 1. The highest BCUT2D eigenvalue weighted by Crippen LogP contribution is 2.25. The Hall–Kier alpha value is -0.900. The lowest BCUT2D eigenvalue weighted by atomic mass is 9.96. The Morgan fingerprint density at radius 3 is 3.07 bits per heavy atom. The second-order valence-corrected chi connectivity index (χ2v) is 4.75. The van der Waals surface area contributed by atoms with Crippen LogP contribution in [0.4, 0.5) is 4.39 Å². The monoisotopic (exact) mass is 211 g/mol. The summed E-state index contributed by atoms with van der Waals surface area (Å²) in [7, 11) is 0. The SMILES string of the molecule is Cc1[nH]ncc1CN1CCCC(C)(F)C1. The maximum absolute atomic E-state index is 13.8. The third-order valence-electron chi connectivity index (χ3n) is 3.05. The number of hydrogen-bond acceptors (Lipinski definition) is 2. The second kappa shape index (κ2) is 3.93. The molecule has 0 bridgehead atoms. The summed E-state index contributed by atoms with van der Waals surface area (Å²) >= 11 is 0. The van der Waals surface area contributed by atoms with Gasteiger partial charge in [0.2, 0.25) is 0 Å². The van der Waals surface area contributed by atoms with Gasteiger partial charge in [0.1, 0.15) is 5.67 Å². The van der Waals surface area contributed by atoms with Crippen LogP contribution in [0.25, 0.3) is 0 Å². The Kier molecular flexibility index (Phi) is 2.78. The number of aryl methyl sites for hydroxylation is 1. The highest BCUT2D eigenvalue weighted by atomic mass is 19.1. The molecule has 0 aromatic carbocycles. The van der Waals surface area contributed by atoms with Crippen molar-refractivity contribution in [2.45, 2.75) is 38.9 Å². The number of rotatable bonds is 2. The molecular weight excluding hydrogens is 193 g/mol. The number of hydrogen-bond donors (Lipinski definition) is 1. The van der Waals surface area contributed by atoms with Crippen molar-refractivity contribution < 1.29 is 4.39 Å². The Morgan fingerprint density at radius 1 is 1.67 bits per heavy atom. The molecule has 0 spiro atoms. The average molecular weight is 211 g/mol. The summed E-state index contributed by atoms with van der Waals surface area (Å²) in [4.78, 5) is 2.17. The number of alkyl halides is 1. The van der Waals surface area contributed by atoms with Crippen LogP contribution in [0.2, 0.25) is 0 Å². The van der Waals surface area contributed by atoms with E-state index in [1.807, 2.05) is 13.1 Å². The van der Waals surface area contributed by atoms with Crippen LogP contribution in [0.1, 0.15) is 31.0 Å². The van der Waals surface area contributed by atoms with Crippen molar-refractivity contribution >= 4 is 0 Å². The fourth-order valence-corrected chi connectivity index (χ4v) is 2.21. The van der Waals surface area contributed by atoms with Crippen LogP contribution >= 0.6 is 0 Å². The molecule has 0 radical (unpaired) electrons. The van der Waals surface area contributed by atoms with Gasteiger partial charge < -0.3 is 0 Å². The minimum atomic E-state index is -1.02. The fourth-order valence-electron chi connectivity index (χ4n) is 2.21. The van der Waals surface area contributed by atoms with E-state index >= 15 is 0 Å². The van der Waals surface area contributed by atoms with E-state index in [1.165, 1.54) is 5.56 Å². The van der Waals surface area contributed by atoms with Gasteiger partial charge in [0.15, 0.2) is 0 Å². The summed E-state index contributed by atoms with van der Waals surface area (Å²) in [5, 5.41) is 6.89. The number of aromatic amines is 1. The lowest BCUT2D eigenvalue weighted by Gasteiger charge is -2.34. The summed E-state index contributed by atoms with van der Waals surface area (Å²) in [6.07, 6.45) is 3.47. The van der Waals surface area contributed by atoms with E-state index in [1.54, 1.807) is 6.92 Å². The maximum atomic E-state index is 13.8. The van der Waals surface area contributed by atoms with Gasteiger partial charge in [-0.05, 0) is 33.2 Å². The van der Waals surface area contributed by atoms with E-state index in [-0.39, 0.29) is 0 Å². The van der Waals surface area contributed by atoms with Gasteiger partial charge in [-0.25, -0.2) is 4.39 Å². The highest BCUT2D eigenvalue weighted by Gasteiger charge is 2.30. The molecular formula is C11H18FN3. The van der Waals surface area contributed by atoms with Crippen molar-refractivity contribution in [1.29, 1.82) is 0 Å². The van der Waals surface area contributed by atoms with Crippen molar-refractivity contribution in [3.63, 3.8) is 0 Å². The molecule has 1 aromatic heterocycles. The summed E-state index contributed by atoms with van der Waals surface area (Å²) in [5.74, 6) is 0. The van der Waals surface area contributed by atoms with Gasteiger partial charge in [0, 0.05) is 24.3 Å². The zero-order valence-electron chi connectivity index (χ0n) is 9.39. The molecule has 1 fully saturated rings. The number of piperidine rings is 1. The summed E-state index contributed by atoms with van der Waals surface area (Å²) < 4.78 is 13.8. The number of aromatic nitrogens is 2. The molecule has 15 heavy (non-hydrogen) atoms. The van der Waals surface area contributed by atoms with Crippen molar-refractivity contribution in [3.8, 4) is 0 Å². The molecule has 1 N–H and O–H groups in total. The van der Waals surface area contributed by atoms with Crippen LogP contribution < -0.4 is 0 Å². The quantitative estimate of drug-likeness (QED) is 0.811. The third-order valence-corrected chi connectivity index (χ3v) is 3.05. The minimum Gasteiger partial charge on any atom is -0.296 e. The van der Waals surface area contributed by atoms with Crippen LogP contribution in [-0.4, -0.2) is 33.9 Å². The zero-order valence-corrected chi connectivity index (χ0v) is 9.39. The van der Waals surface area contributed by atoms with E-state index in [4.69, 9.17) is 0 Å². The Bertz CT molecular complexity index is 332. The van der Waals surface area contributed by atoms with E-state index in [2.05, 4.69) is 15.1 Å². The molecule has 1 atom stereocenters. The standard InChI is InChI=1S/C11H18FN3/c1-9-10(6-13-14-9)7-15-5-3-4-11(2,12)8-15/h6H,3-5,7-8H2,1-2H3,(H,13,14). The van der Waals surface area contributed by atoms with Gasteiger partial charge in [0.05, 0.1) is 6.20 Å². The highest BCUT2D eigenvalue weighted by molar-refractivity contribution is 5.14. The van der Waals surface area contributed by atoms with Crippen LogP contribution in [0.15, 0.2) is 6.20 Å². The molecule has 1 aliphatic rings.